The number of benzene rings is 1. The molecular weight excluding hydrogens is 180 g/mol. The molecule has 1 amide bonds. The number of β-lactam (4-membered cyclic amide) rings is 1. The van der Waals surface area contributed by atoms with Gasteiger partial charge in [0.1, 0.15) is 6.04 Å². The van der Waals surface area contributed by atoms with E-state index in [1.54, 1.807) is 0 Å². The van der Waals surface area contributed by atoms with Crippen LogP contribution >= 0.6 is 0 Å². The van der Waals surface area contributed by atoms with E-state index in [1.807, 2.05) is 30.3 Å². The molecule has 1 aliphatic rings. The third-order valence-electron chi connectivity index (χ3n) is 2.22. The second kappa shape index (κ2) is 3.40. The smallest absolute Gasteiger partial charge is 0.231 e. The molecular formula is C9H8N4O. The standard InChI is InChI=1S/C9H8N4O/c10-13-12-8-7(11-9(8)14)6-4-2-1-3-5-6/h1-5,7-8H,(H,11,14)/t7-,8-/m1/s1. The third-order valence-corrected chi connectivity index (χ3v) is 2.22. The summed E-state index contributed by atoms with van der Waals surface area (Å²) in [5.41, 5.74) is 9.22. The molecule has 2 atom stereocenters. The van der Waals surface area contributed by atoms with Gasteiger partial charge >= 0.3 is 0 Å². The Kier molecular flexibility index (Phi) is 2.08. The van der Waals surface area contributed by atoms with Crippen molar-refractivity contribution in [3.05, 3.63) is 46.3 Å². The molecule has 70 valence electrons. The first-order valence-electron chi connectivity index (χ1n) is 4.22. The van der Waals surface area contributed by atoms with Crippen molar-refractivity contribution in [2.45, 2.75) is 12.1 Å². The fourth-order valence-electron chi connectivity index (χ4n) is 1.47. The Bertz CT molecular complexity index is 395. The number of hydrogen-bond donors (Lipinski definition) is 1. The van der Waals surface area contributed by atoms with E-state index in [9.17, 15) is 4.79 Å². The number of hydrogen-bond acceptors (Lipinski definition) is 2. The van der Waals surface area contributed by atoms with Gasteiger partial charge < -0.3 is 5.32 Å². The average molecular weight is 188 g/mol. The first kappa shape index (κ1) is 8.59. The van der Waals surface area contributed by atoms with Crippen LogP contribution in [0, 0.1) is 0 Å². The number of rotatable bonds is 2. The molecule has 0 aliphatic carbocycles. The zero-order valence-electron chi connectivity index (χ0n) is 7.29. The van der Waals surface area contributed by atoms with Crippen LogP contribution in [0.1, 0.15) is 11.6 Å². The predicted molar refractivity (Wildman–Crippen MR) is 50.3 cm³/mol. The van der Waals surface area contributed by atoms with Crippen molar-refractivity contribution in [3.8, 4) is 0 Å². The maximum atomic E-state index is 11.0. The molecule has 1 N–H and O–H groups in total. The van der Waals surface area contributed by atoms with Gasteiger partial charge in [0.15, 0.2) is 0 Å². The van der Waals surface area contributed by atoms with Crippen LogP contribution in [0.25, 0.3) is 10.4 Å². The summed E-state index contributed by atoms with van der Waals surface area (Å²) >= 11 is 0. The topological polar surface area (TPSA) is 77.9 Å². The van der Waals surface area contributed by atoms with Crippen molar-refractivity contribution >= 4 is 5.91 Å². The molecule has 1 aromatic rings. The van der Waals surface area contributed by atoms with Gasteiger partial charge in [0.25, 0.3) is 0 Å². The minimum Gasteiger partial charge on any atom is -0.348 e. The summed E-state index contributed by atoms with van der Waals surface area (Å²) in [6.45, 7) is 0. The molecule has 0 unspecified atom stereocenters. The number of nitrogens with zero attached hydrogens (tertiary/aromatic N) is 3. The summed E-state index contributed by atoms with van der Waals surface area (Å²) in [6.07, 6.45) is 0. The Labute approximate surface area is 80.4 Å². The van der Waals surface area contributed by atoms with Gasteiger partial charge in [-0.15, -0.1) is 0 Å². The van der Waals surface area contributed by atoms with Crippen molar-refractivity contribution in [1.29, 1.82) is 0 Å². The first-order valence-corrected chi connectivity index (χ1v) is 4.22. The Morgan fingerprint density at radius 1 is 1.36 bits per heavy atom. The third kappa shape index (κ3) is 1.30. The molecule has 2 rings (SSSR count). The normalized spacial score (nSPS) is 24.4. The Hall–Kier alpha value is -2.00. The molecule has 5 nitrogen and oxygen atoms in total. The minimum absolute atomic E-state index is 0.167. The highest BCUT2D eigenvalue weighted by atomic mass is 16.2. The Balaban J connectivity index is 2.22. The van der Waals surface area contributed by atoms with Gasteiger partial charge in [0.05, 0.1) is 6.04 Å². The second-order valence-corrected chi connectivity index (χ2v) is 3.05. The van der Waals surface area contributed by atoms with Crippen LogP contribution in [0.5, 0.6) is 0 Å². The summed E-state index contributed by atoms with van der Waals surface area (Å²) < 4.78 is 0. The van der Waals surface area contributed by atoms with Crippen LogP contribution in [0.3, 0.4) is 0 Å². The fraction of sp³-hybridized carbons (Fsp3) is 0.222. The summed E-state index contributed by atoms with van der Waals surface area (Å²) in [7, 11) is 0. The zero-order valence-corrected chi connectivity index (χ0v) is 7.29. The molecule has 5 heteroatoms. The lowest BCUT2D eigenvalue weighted by Crippen LogP contribution is -2.54. The maximum absolute atomic E-state index is 11.0. The monoisotopic (exact) mass is 188 g/mol. The van der Waals surface area contributed by atoms with E-state index in [4.69, 9.17) is 5.53 Å². The quantitative estimate of drug-likeness (QED) is 0.325. The van der Waals surface area contributed by atoms with E-state index in [1.165, 1.54) is 0 Å². The van der Waals surface area contributed by atoms with Crippen LogP contribution in [0.4, 0.5) is 0 Å². The van der Waals surface area contributed by atoms with Gasteiger partial charge in [-0.3, -0.25) is 4.79 Å². The van der Waals surface area contributed by atoms with Gasteiger partial charge in [-0.1, -0.05) is 35.4 Å². The molecule has 0 spiro atoms. The van der Waals surface area contributed by atoms with E-state index < -0.39 is 6.04 Å². The van der Waals surface area contributed by atoms with Crippen LogP contribution in [-0.2, 0) is 4.79 Å². The van der Waals surface area contributed by atoms with Crippen LogP contribution < -0.4 is 5.32 Å². The SMILES string of the molecule is [N-]=[N+]=N[C@H]1C(=O)N[C@@H]1c1ccccc1. The Morgan fingerprint density at radius 3 is 2.64 bits per heavy atom. The van der Waals surface area contributed by atoms with Crippen molar-refractivity contribution in [2.75, 3.05) is 0 Å². The minimum atomic E-state index is -0.595. The lowest BCUT2D eigenvalue weighted by molar-refractivity contribution is -0.130. The van der Waals surface area contributed by atoms with E-state index in [2.05, 4.69) is 15.3 Å². The predicted octanol–water partition coefficient (Wildman–Crippen LogP) is 1.54. The molecule has 14 heavy (non-hydrogen) atoms. The molecule has 0 radical (unpaired) electrons. The van der Waals surface area contributed by atoms with Gasteiger partial charge in [0.2, 0.25) is 5.91 Å². The van der Waals surface area contributed by atoms with E-state index >= 15 is 0 Å². The lowest BCUT2D eigenvalue weighted by atomic mass is 9.92. The largest absolute Gasteiger partial charge is 0.348 e. The summed E-state index contributed by atoms with van der Waals surface area (Å²) in [6, 6.07) is 8.68. The molecule has 1 aliphatic heterocycles. The second-order valence-electron chi connectivity index (χ2n) is 3.05. The number of azide groups is 1. The van der Waals surface area contributed by atoms with E-state index in [-0.39, 0.29) is 11.9 Å². The van der Waals surface area contributed by atoms with Crippen molar-refractivity contribution < 1.29 is 4.79 Å². The highest BCUT2D eigenvalue weighted by molar-refractivity contribution is 5.89. The van der Waals surface area contributed by atoms with E-state index in [0.29, 0.717) is 0 Å². The maximum Gasteiger partial charge on any atom is 0.231 e. The van der Waals surface area contributed by atoms with Crippen LogP contribution in [-0.4, -0.2) is 11.9 Å². The molecule has 0 saturated carbocycles. The Morgan fingerprint density at radius 2 is 2.07 bits per heavy atom. The highest BCUT2D eigenvalue weighted by Crippen LogP contribution is 2.26. The van der Waals surface area contributed by atoms with Gasteiger partial charge in [-0.25, -0.2) is 0 Å². The first-order chi connectivity index (χ1) is 6.83. The van der Waals surface area contributed by atoms with Crippen molar-refractivity contribution in [2.24, 2.45) is 5.11 Å². The number of carbonyl (C=O) groups excluding carboxylic acids is 1. The van der Waals surface area contributed by atoms with Gasteiger partial charge in [-0.05, 0) is 11.1 Å². The van der Waals surface area contributed by atoms with E-state index in [0.717, 1.165) is 5.56 Å². The molecule has 0 aromatic heterocycles. The molecule has 1 aromatic carbocycles. The summed E-state index contributed by atoms with van der Waals surface area (Å²) in [4.78, 5) is 13.7. The average Bonchev–Trinajstić information content (AvgIpc) is 2.24. The fourth-order valence-corrected chi connectivity index (χ4v) is 1.47. The van der Waals surface area contributed by atoms with Crippen LogP contribution in [0.2, 0.25) is 0 Å². The molecule has 1 fully saturated rings. The van der Waals surface area contributed by atoms with Crippen molar-refractivity contribution in [3.63, 3.8) is 0 Å². The van der Waals surface area contributed by atoms with Crippen molar-refractivity contribution in [1.82, 2.24) is 5.32 Å². The van der Waals surface area contributed by atoms with Gasteiger partial charge in [0, 0.05) is 4.91 Å². The lowest BCUT2D eigenvalue weighted by Gasteiger charge is -2.33. The summed E-state index contributed by atoms with van der Waals surface area (Å²) in [5, 5.41) is 6.13. The van der Waals surface area contributed by atoms with Crippen LogP contribution in [0.15, 0.2) is 35.4 Å². The molecule has 0 bridgehead atoms. The zero-order chi connectivity index (χ0) is 9.97. The number of nitrogens with one attached hydrogen (secondary N) is 1. The van der Waals surface area contributed by atoms with Gasteiger partial charge in [-0.2, -0.15) is 0 Å². The number of amides is 1. The summed E-state index contributed by atoms with van der Waals surface area (Å²) in [5.74, 6) is -0.211. The molecule has 1 heterocycles. The molecule has 1 saturated heterocycles. The highest BCUT2D eigenvalue weighted by Gasteiger charge is 2.39. The number of carbonyl (C=O) groups is 1.